The Morgan fingerprint density at radius 2 is 1.93 bits per heavy atom. The molecule has 7 heteroatoms. The Bertz CT molecular complexity index is 1220. The molecule has 0 spiro atoms. The average Bonchev–Trinajstić information content (AvgIpc) is 3.12. The number of nitrogens with zero attached hydrogens (tertiary/aromatic N) is 4. The van der Waals surface area contributed by atoms with Gasteiger partial charge in [-0.1, -0.05) is 23.9 Å². The molecule has 0 unspecified atom stereocenters. The van der Waals surface area contributed by atoms with Gasteiger partial charge in [-0.25, -0.2) is 9.97 Å². The Kier molecular flexibility index (Phi) is 4.75. The van der Waals surface area contributed by atoms with Crippen LogP contribution in [0, 0.1) is 18.3 Å². The summed E-state index contributed by atoms with van der Waals surface area (Å²) < 4.78 is 1.60. The summed E-state index contributed by atoms with van der Waals surface area (Å²) in [5.41, 5.74) is 2.75. The van der Waals surface area contributed by atoms with Crippen LogP contribution >= 0.6 is 23.1 Å². The van der Waals surface area contributed by atoms with Gasteiger partial charge in [0.15, 0.2) is 5.16 Å². The van der Waals surface area contributed by atoms with Crippen LogP contribution in [0.2, 0.25) is 0 Å². The van der Waals surface area contributed by atoms with E-state index in [2.05, 4.69) is 11.1 Å². The lowest BCUT2D eigenvalue weighted by Gasteiger charge is -2.13. The molecule has 0 aliphatic carbocycles. The zero-order valence-electron chi connectivity index (χ0n) is 14.4. The van der Waals surface area contributed by atoms with Crippen molar-refractivity contribution in [1.82, 2.24) is 14.5 Å². The van der Waals surface area contributed by atoms with Crippen molar-refractivity contribution in [2.24, 2.45) is 0 Å². The average molecular weight is 390 g/mol. The monoisotopic (exact) mass is 390 g/mol. The molecule has 0 saturated heterocycles. The van der Waals surface area contributed by atoms with Crippen LogP contribution in [0.5, 0.6) is 0 Å². The molecule has 0 fully saturated rings. The number of thiazole rings is 1. The van der Waals surface area contributed by atoms with E-state index >= 15 is 0 Å². The number of hydrogen-bond donors (Lipinski definition) is 0. The van der Waals surface area contributed by atoms with Crippen LogP contribution in [0.1, 0.15) is 16.3 Å². The number of thioether (sulfide) groups is 1. The fourth-order valence-corrected chi connectivity index (χ4v) is 4.36. The molecule has 0 atom stereocenters. The van der Waals surface area contributed by atoms with Crippen molar-refractivity contribution in [3.8, 4) is 11.8 Å². The SMILES string of the molecule is Cc1nc(CSc2nc3ccccc3c(=O)n2-c2ccc(C#N)cc2)cs1. The quantitative estimate of drug-likeness (QED) is 0.383. The Balaban J connectivity index is 1.84. The lowest BCUT2D eigenvalue weighted by Crippen LogP contribution is -2.21. The lowest BCUT2D eigenvalue weighted by atomic mass is 10.2. The van der Waals surface area contributed by atoms with Crippen molar-refractivity contribution in [1.29, 1.82) is 5.26 Å². The van der Waals surface area contributed by atoms with Crippen molar-refractivity contribution in [2.75, 3.05) is 0 Å². The molecule has 27 heavy (non-hydrogen) atoms. The molecule has 2 aromatic carbocycles. The van der Waals surface area contributed by atoms with Crippen molar-refractivity contribution in [3.63, 3.8) is 0 Å². The van der Waals surface area contributed by atoms with Crippen molar-refractivity contribution in [3.05, 3.63) is 80.5 Å². The van der Waals surface area contributed by atoms with Crippen LogP contribution in [0.3, 0.4) is 0 Å². The summed E-state index contributed by atoms with van der Waals surface area (Å²) in [5, 5.41) is 13.2. The number of rotatable bonds is 4. The van der Waals surface area contributed by atoms with Crippen molar-refractivity contribution >= 4 is 34.0 Å². The number of hydrogen-bond acceptors (Lipinski definition) is 6. The molecule has 0 aliphatic heterocycles. The standard InChI is InChI=1S/C20H14N4OS2/c1-13-22-15(11-26-13)12-27-20-23-18-5-3-2-4-17(18)19(25)24(20)16-8-6-14(10-21)7-9-16/h2-9,11H,12H2,1H3. The van der Waals surface area contributed by atoms with E-state index < -0.39 is 0 Å². The Morgan fingerprint density at radius 1 is 1.15 bits per heavy atom. The van der Waals surface area contributed by atoms with Crippen LogP contribution in [0.4, 0.5) is 0 Å². The molecule has 0 bridgehead atoms. The van der Waals surface area contributed by atoms with E-state index in [0.29, 0.717) is 33.1 Å². The number of benzene rings is 2. The van der Waals surface area contributed by atoms with Gasteiger partial charge in [0.25, 0.3) is 5.56 Å². The first-order chi connectivity index (χ1) is 13.2. The second-order valence-corrected chi connectivity index (χ2v) is 7.86. The lowest BCUT2D eigenvalue weighted by molar-refractivity contribution is 0.819. The maximum atomic E-state index is 13.2. The van der Waals surface area contributed by atoms with Crippen LogP contribution in [0.25, 0.3) is 16.6 Å². The van der Waals surface area contributed by atoms with E-state index in [0.717, 1.165) is 10.7 Å². The highest BCUT2D eigenvalue weighted by molar-refractivity contribution is 7.98. The molecule has 0 saturated carbocycles. The summed E-state index contributed by atoms with van der Waals surface area (Å²) in [6, 6.07) is 16.4. The zero-order chi connectivity index (χ0) is 18.8. The third-order valence-electron chi connectivity index (χ3n) is 4.02. The van der Waals surface area contributed by atoms with Gasteiger partial charge in [0.05, 0.1) is 38.9 Å². The number of aromatic nitrogens is 3. The minimum absolute atomic E-state index is 0.123. The Labute approximate surface area is 164 Å². The van der Waals surface area contributed by atoms with Crippen LogP contribution in [-0.4, -0.2) is 14.5 Å². The maximum Gasteiger partial charge on any atom is 0.266 e. The number of aryl methyl sites for hydroxylation is 1. The molecular formula is C20H14N4OS2. The molecule has 2 heterocycles. The van der Waals surface area contributed by atoms with Gasteiger partial charge < -0.3 is 0 Å². The van der Waals surface area contributed by atoms with Crippen LogP contribution in [-0.2, 0) is 5.75 Å². The zero-order valence-corrected chi connectivity index (χ0v) is 16.0. The predicted octanol–water partition coefficient (Wildman–Crippen LogP) is 4.31. The van der Waals surface area contributed by atoms with E-state index in [1.54, 1.807) is 46.2 Å². The fourth-order valence-electron chi connectivity index (χ4n) is 2.73. The summed E-state index contributed by atoms with van der Waals surface area (Å²) >= 11 is 3.08. The van der Waals surface area contributed by atoms with Gasteiger partial charge in [0.1, 0.15) is 0 Å². The molecule has 0 amide bonds. The smallest absolute Gasteiger partial charge is 0.266 e. The first kappa shape index (κ1) is 17.5. The van der Waals surface area contributed by atoms with E-state index in [-0.39, 0.29) is 5.56 Å². The van der Waals surface area contributed by atoms with Crippen molar-refractivity contribution < 1.29 is 0 Å². The van der Waals surface area contributed by atoms with Gasteiger partial charge in [0.2, 0.25) is 0 Å². The maximum absolute atomic E-state index is 13.2. The third-order valence-corrected chi connectivity index (χ3v) is 5.81. The molecule has 2 aromatic heterocycles. The van der Waals surface area contributed by atoms with E-state index in [1.807, 2.05) is 30.5 Å². The van der Waals surface area contributed by atoms with Crippen LogP contribution < -0.4 is 5.56 Å². The molecule has 0 N–H and O–H groups in total. The highest BCUT2D eigenvalue weighted by Crippen LogP contribution is 2.25. The van der Waals surface area contributed by atoms with Crippen LogP contribution in [0.15, 0.2) is 63.9 Å². The largest absolute Gasteiger partial charge is 0.268 e. The normalized spacial score (nSPS) is 10.8. The molecule has 132 valence electrons. The Morgan fingerprint density at radius 3 is 2.63 bits per heavy atom. The third kappa shape index (κ3) is 3.50. The first-order valence-corrected chi connectivity index (χ1v) is 10.1. The van der Waals surface area contributed by atoms with Crippen molar-refractivity contribution in [2.45, 2.75) is 17.8 Å². The molecular weight excluding hydrogens is 376 g/mol. The second kappa shape index (κ2) is 7.35. The summed E-state index contributed by atoms with van der Waals surface area (Å²) in [6.45, 7) is 1.97. The van der Waals surface area contributed by atoms with Gasteiger partial charge in [0, 0.05) is 11.1 Å². The fraction of sp³-hybridized carbons (Fsp3) is 0.100. The van der Waals surface area contributed by atoms with Gasteiger partial charge in [-0.15, -0.1) is 11.3 Å². The molecule has 0 radical (unpaired) electrons. The molecule has 5 nitrogen and oxygen atoms in total. The summed E-state index contributed by atoms with van der Waals surface area (Å²) in [5.74, 6) is 0.630. The van der Waals surface area contributed by atoms with Gasteiger partial charge in [-0.3, -0.25) is 9.36 Å². The topological polar surface area (TPSA) is 71.6 Å². The number of para-hydroxylation sites is 1. The molecule has 4 rings (SSSR count). The number of nitriles is 1. The van der Waals surface area contributed by atoms with Gasteiger partial charge >= 0.3 is 0 Å². The van der Waals surface area contributed by atoms with Gasteiger partial charge in [-0.2, -0.15) is 5.26 Å². The van der Waals surface area contributed by atoms with Gasteiger partial charge in [-0.05, 0) is 43.3 Å². The summed E-state index contributed by atoms with van der Waals surface area (Å²) in [6.07, 6.45) is 0. The summed E-state index contributed by atoms with van der Waals surface area (Å²) in [4.78, 5) is 22.3. The van der Waals surface area contributed by atoms with E-state index in [1.165, 1.54) is 11.8 Å². The summed E-state index contributed by atoms with van der Waals surface area (Å²) in [7, 11) is 0. The number of fused-ring (bicyclic) bond motifs is 1. The predicted molar refractivity (Wildman–Crippen MR) is 108 cm³/mol. The second-order valence-electron chi connectivity index (χ2n) is 5.86. The minimum Gasteiger partial charge on any atom is -0.268 e. The highest BCUT2D eigenvalue weighted by atomic mass is 32.2. The highest BCUT2D eigenvalue weighted by Gasteiger charge is 2.14. The van der Waals surface area contributed by atoms with E-state index in [4.69, 9.17) is 10.2 Å². The molecule has 0 aliphatic rings. The minimum atomic E-state index is -0.123. The molecule has 4 aromatic rings. The van der Waals surface area contributed by atoms with E-state index in [9.17, 15) is 4.79 Å². The first-order valence-electron chi connectivity index (χ1n) is 8.22. The Hall–Kier alpha value is -2.95.